The number of phenols is 1. The Kier molecular flexibility index (Phi) is 4.14. The lowest BCUT2D eigenvalue weighted by molar-refractivity contribution is 0.373. The molecule has 0 saturated carbocycles. The van der Waals surface area contributed by atoms with Gasteiger partial charge in [0, 0.05) is 0 Å². The van der Waals surface area contributed by atoms with Crippen LogP contribution in [-0.4, -0.2) is 12.2 Å². The Balaban J connectivity index is 0.000000165. The minimum Gasteiger partial charge on any atom is -0.504 e. The van der Waals surface area contributed by atoms with Crippen LogP contribution >= 0.6 is 0 Å². The Labute approximate surface area is 82.6 Å². The maximum atomic E-state index is 8.99. The second-order valence-electron chi connectivity index (χ2n) is 2.46. The largest absolute Gasteiger partial charge is 0.504 e. The molecule has 0 amide bonds. The highest BCUT2D eigenvalue weighted by Crippen LogP contribution is 2.22. The van der Waals surface area contributed by atoms with Crippen molar-refractivity contribution in [2.75, 3.05) is 7.11 Å². The van der Waals surface area contributed by atoms with E-state index in [0.29, 0.717) is 5.75 Å². The summed E-state index contributed by atoms with van der Waals surface area (Å²) in [5, 5.41) is 8.99. The minimum atomic E-state index is 0.181. The maximum absolute atomic E-state index is 8.99. The van der Waals surface area contributed by atoms with Crippen LogP contribution in [0.3, 0.4) is 0 Å². The third-order valence-electron chi connectivity index (χ3n) is 1.51. The Morgan fingerprint density at radius 3 is 2.07 bits per heavy atom. The number of phenolic OH excluding ortho intramolecular Hbond substituents is 1. The summed E-state index contributed by atoms with van der Waals surface area (Å²) in [6.45, 7) is 0. The van der Waals surface area contributed by atoms with E-state index in [1.54, 1.807) is 36.8 Å². The van der Waals surface area contributed by atoms with Crippen molar-refractivity contribution >= 4 is 0 Å². The number of rotatable bonds is 1. The number of hydrogen-bond acceptors (Lipinski definition) is 3. The molecule has 3 nitrogen and oxygen atoms in total. The van der Waals surface area contributed by atoms with Crippen LogP contribution in [0.15, 0.2) is 53.3 Å². The minimum absolute atomic E-state index is 0.181. The predicted molar refractivity (Wildman–Crippen MR) is 53.4 cm³/mol. The van der Waals surface area contributed by atoms with E-state index in [4.69, 9.17) is 9.84 Å². The zero-order valence-corrected chi connectivity index (χ0v) is 7.88. The third-order valence-corrected chi connectivity index (χ3v) is 1.51. The average molecular weight is 192 g/mol. The molecule has 1 aromatic carbocycles. The van der Waals surface area contributed by atoms with Gasteiger partial charge in [-0.3, -0.25) is 0 Å². The van der Waals surface area contributed by atoms with E-state index in [1.165, 1.54) is 7.11 Å². The third kappa shape index (κ3) is 3.23. The smallest absolute Gasteiger partial charge is 0.160 e. The van der Waals surface area contributed by atoms with E-state index >= 15 is 0 Å². The molecule has 1 heterocycles. The van der Waals surface area contributed by atoms with Crippen molar-refractivity contribution in [3.05, 3.63) is 48.9 Å². The molecule has 14 heavy (non-hydrogen) atoms. The Morgan fingerprint density at radius 1 is 1.07 bits per heavy atom. The lowest BCUT2D eigenvalue weighted by atomic mass is 10.3. The van der Waals surface area contributed by atoms with E-state index in [1.807, 2.05) is 12.1 Å². The molecule has 0 fully saturated rings. The zero-order chi connectivity index (χ0) is 10.2. The molecule has 0 aliphatic carbocycles. The van der Waals surface area contributed by atoms with Crippen LogP contribution in [0.25, 0.3) is 0 Å². The molecule has 1 aromatic heterocycles. The first-order valence-electron chi connectivity index (χ1n) is 4.13. The standard InChI is InChI=1S/C7H8O2.C4H4O/c1-9-7-5-3-2-4-6(7)8;1-2-4-5-3-1/h2-5,8H,1H3;1-4H. The summed E-state index contributed by atoms with van der Waals surface area (Å²) in [6.07, 6.45) is 3.25. The van der Waals surface area contributed by atoms with Crippen LogP contribution in [0.2, 0.25) is 0 Å². The van der Waals surface area contributed by atoms with Gasteiger partial charge in [-0.2, -0.15) is 0 Å². The Morgan fingerprint density at radius 2 is 1.71 bits per heavy atom. The van der Waals surface area contributed by atoms with Crippen molar-refractivity contribution in [1.29, 1.82) is 0 Å². The van der Waals surface area contributed by atoms with E-state index < -0.39 is 0 Å². The molecule has 0 spiro atoms. The summed E-state index contributed by atoms with van der Waals surface area (Å²) in [6, 6.07) is 10.5. The molecule has 3 heteroatoms. The average Bonchev–Trinajstić information content (AvgIpc) is 2.76. The first-order valence-corrected chi connectivity index (χ1v) is 4.13. The van der Waals surface area contributed by atoms with Gasteiger partial charge in [-0.05, 0) is 24.3 Å². The van der Waals surface area contributed by atoms with Crippen molar-refractivity contribution in [1.82, 2.24) is 0 Å². The topological polar surface area (TPSA) is 42.6 Å². The molecular formula is C11H12O3. The van der Waals surface area contributed by atoms with Gasteiger partial charge in [0.2, 0.25) is 0 Å². The Hall–Kier alpha value is -1.90. The van der Waals surface area contributed by atoms with Gasteiger partial charge in [0.1, 0.15) is 0 Å². The van der Waals surface area contributed by atoms with Crippen molar-refractivity contribution in [3.63, 3.8) is 0 Å². The summed E-state index contributed by atoms with van der Waals surface area (Å²) >= 11 is 0. The number of methoxy groups -OCH3 is 1. The molecule has 0 radical (unpaired) electrons. The van der Waals surface area contributed by atoms with Gasteiger partial charge < -0.3 is 14.3 Å². The predicted octanol–water partition coefficient (Wildman–Crippen LogP) is 2.68. The summed E-state index contributed by atoms with van der Waals surface area (Å²) in [4.78, 5) is 0. The summed E-state index contributed by atoms with van der Waals surface area (Å²) in [7, 11) is 1.52. The number of benzene rings is 1. The zero-order valence-electron chi connectivity index (χ0n) is 7.88. The number of hydrogen-bond donors (Lipinski definition) is 1. The molecule has 2 rings (SSSR count). The van der Waals surface area contributed by atoms with Gasteiger partial charge in [-0.1, -0.05) is 12.1 Å². The molecule has 0 saturated heterocycles. The lowest BCUT2D eigenvalue weighted by Gasteiger charge is -1.99. The second kappa shape index (κ2) is 5.70. The molecule has 2 aromatic rings. The molecule has 74 valence electrons. The fraction of sp³-hybridized carbons (Fsp3) is 0.0909. The lowest BCUT2D eigenvalue weighted by Crippen LogP contribution is -1.80. The highest BCUT2D eigenvalue weighted by atomic mass is 16.5. The van der Waals surface area contributed by atoms with Gasteiger partial charge in [-0.15, -0.1) is 0 Å². The van der Waals surface area contributed by atoms with Gasteiger partial charge in [0.05, 0.1) is 19.6 Å². The number of ether oxygens (including phenoxy) is 1. The van der Waals surface area contributed by atoms with Gasteiger partial charge in [0.15, 0.2) is 11.5 Å². The van der Waals surface area contributed by atoms with Crippen LogP contribution in [0.4, 0.5) is 0 Å². The van der Waals surface area contributed by atoms with E-state index in [0.717, 1.165) is 0 Å². The highest BCUT2D eigenvalue weighted by Gasteiger charge is 1.94. The van der Waals surface area contributed by atoms with Crippen molar-refractivity contribution in [3.8, 4) is 11.5 Å². The SMILES string of the molecule is COc1ccccc1O.c1ccoc1. The Bertz CT molecular complexity index is 324. The molecular weight excluding hydrogens is 180 g/mol. The fourth-order valence-electron chi connectivity index (χ4n) is 0.857. The van der Waals surface area contributed by atoms with Gasteiger partial charge in [0.25, 0.3) is 0 Å². The fourth-order valence-corrected chi connectivity index (χ4v) is 0.857. The second-order valence-corrected chi connectivity index (χ2v) is 2.46. The molecule has 0 bridgehead atoms. The van der Waals surface area contributed by atoms with Crippen molar-refractivity contribution < 1.29 is 14.3 Å². The van der Waals surface area contributed by atoms with E-state index in [-0.39, 0.29) is 5.75 Å². The summed E-state index contributed by atoms with van der Waals surface area (Å²) in [5.41, 5.74) is 0. The van der Waals surface area contributed by atoms with Crippen molar-refractivity contribution in [2.24, 2.45) is 0 Å². The monoisotopic (exact) mass is 192 g/mol. The van der Waals surface area contributed by atoms with Gasteiger partial charge >= 0.3 is 0 Å². The molecule has 0 aliphatic heterocycles. The van der Waals surface area contributed by atoms with Crippen LogP contribution in [0, 0.1) is 0 Å². The van der Waals surface area contributed by atoms with Crippen LogP contribution < -0.4 is 4.74 Å². The first-order chi connectivity index (χ1) is 6.84. The molecule has 0 aliphatic rings. The molecule has 0 atom stereocenters. The van der Waals surface area contributed by atoms with Gasteiger partial charge in [-0.25, -0.2) is 0 Å². The highest BCUT2D eigenvalue weighted by molar-refractivity contribution is 5.37. The number of aromatic hydroxyl groups is 1. The first kappa shape index (κ1) is 10.2. The van der Waals surface area contributed by atoms with Crippen LogP contribution in [-0.2, 0) is 0 Å². The number of para-hydroxylation sites is 2. The number of furan rings is 1. The normalized spacial score (nSPS) is 8.64. The molecule has 0 unspecified atom stereocenters. The summed E-state index contributed by atoms with van der Waals surface area (Å²) in [5.74, 6) is 0.692. The van der Waals surface area contributed by atoms with Crippen LogP contribution in [0.5, 0.6) is 11.5 Å². The maximum Gasteiger partial charge on any atom is 0.160 e. The molecule has 1 N–H and O–H groups in total. The van der Waals surface area contributed by atoms with E-state index in [2.05, 4.69) is 4.42 Å². The quantitative estimate of drug-likeness (QED) is 0.755. The van der Waals surface area contributed by atoms with E-state index in [9.17, 15) is 0 Å². The van der Waals surface area contributed by atoms with Crippen LogP contribution in [0.1, 0.15) is 0 Å². The van der Waals surface area contributed by atoms with Crippen molar-refractivity contribution in [2.45, 2.75) is 0 Å². The summed E-state index contributed by atoms with van der Waals surface area (Å²) < 4.78 is 9.38.